The first-order valence-electron chi connectivity index (χ1n) is 6.76. The standard InChI is InChI=1S/C13H21NO3/c15-12(16)10-8-14-11(7-9-1-2-9)13(10)3-5-17-6-4-13/h9-11,14H,1-8H2,(H,15,16)/t10-,11+/m1/s1. The number of hydrogen-bond acceptors (Lipinski definition) is 3. The van der Waals surface area contributed by atoms with Gasteiger partial charge in [-0.15, -0.1) is 0 Å². The first kappa shape index (κ1) is 11.5. The van der Waals surface area contributed by atoms with E-state index >= 15 is 0 Å². The molecule has 4 nitrogen and oxygen atoms in total. The van der Waals surface area contributed by atoms with Crippen molar-refractivity contribution in [3.05, 3.63) is 0 Å². The van der Waals surface area contributed by atoms with Gasteiger partial charge in [0, 0.05) is 31.2 Å². The predicted octanol–water partition coefficient (Wildman–Crippen LogP) is 1.26. The molecular formula is C13H21NO3. The molecule has 0 bridgehead atoms. The molecule has 17 heavy (non-hydrogen) atoms. The van der Waals surface area contributed by atoms with E-state index in [4.69, 9.17) is 4.74 Å². The highest BCUT2D eigenvalue weighted by Crippen LogP contribution is 2.49. The Morgan fingerprint density at radius 1 is 1.35 bits per heavy atom. The molecule has 1 spiro atoms. The fourth-order valence-electron chi connectivity index (χ4n) is 3.70. The van der Waals surface area contributed by atoms with Crippen LogP contribution in [0.3, 0.4) is 0 Å². The van der Waals surface area contributed by atoms with Gasteiger partial charge in [-0.2, -0.15) is 0 Å². The van der Waals surface area contributed by atoms with Gasteiger partial charge in [0.15, 0.2) is 0 Å². The maximum Gasteiger partial charge on any atom is 0.308 e. The van der Waals surface area contributed by atoms with Crippen molar-refractivity contribution in [3.8, 4) is 0 Å². The molecule has 3 rings (SSSR count). The maximum atomic E-state index is 11.4. The van der Waals surface area contributed by atoms with Crippen LogP contribution in [0.2, 0.25) is 0 Å². The average Bonchev–Trinajstić information content (AvgIpc) is 3.06. The average molecular weight is 239 g/mol. The molecule has 0 unspecified atom stereocenters. The summed E-state index contributed by atoms with van der Waals surface area (Å²) in [5.74, 6) is 0.00705. The molecule has 1 saturated carbocycles. The van der Waals surface area contributed by atoms with E-state index in [-0.39, 0.29) is 11.3 Å². The Balaban J connectivity index is 1.80. The van der Waals surface area contributed by atoms with Crippen LogP contribution in [0.25, 0.3) is 0 Å². The Hall–Kier alpha value is -0.610. The molecule has 2 atom stereocenters. The highest BCUT2D eigenvalue weighted by Gasteiger charge is 2.54. The van der Waals surface area contributed by atoms with E-state index in [1.807, 2.05) is 0 Å². The van der Waals surface area contributed by atoms with Gasteiger partial charge in [0.2, 0.25) is 0 Å². The molecule has 2 saturated heterocycles. The van der Waals surface area contributed by atoms with Crippen molar-refractivity contribution in [2.75, 3.05) is 19.8 Å². The molecule has 0 amide bonds. The van der Waals surface area contributed by atoms with Gasteiger partial charge in [-0.3, -0.25) is 4.79 Å². The number of ether oxygens (including phenoxy) is 1. The van der Waals surface area contributed by atoms with Crippen molar-refractivity contribution in [2.45, 2.75) is 38.1 Å². The van der Waals surface area contributed by atoms with Crippen molar-refractivity contribution in [3.63, 3.8) is 0 Å². The van der Waals surface area contributed by atoms with Crippen molar-refractivity contribution >= 4 is 5.97 Å². The quantitative estimate of drug-likeness (QED) is 0.778. The fourth-order valence-corrected chi connectivity index (χ4v) is 3.70. The lowest BCUT2D eigenvalue weighted by Gasteiger charge is -2.41. The minimum atomic E-state index is -0.627. The largest absolute Gasteiger partial charge is 0.481 e. The van der Waals surface area contributed by atoms with E-state index in [0.29, 0.717) is 12.6 Å². The van der Waals surface area contributed by atoms with Crippen LogP contribution >= 0.6 is 0 Å². The molecule has 0 radical (unpaired) electrons. The van der Waals surface area contributed by atoms with E-state index in [1.165, 1.54) is 19.3 Å². The summed E-state index contributed by atoms with van der Waals surface area (Å²) in [5, 5.41) is 12.9. The second kappa shape index (κ2) is 4.25. The number of rotatable bonds is 3. The van der Waals surface area contributed by atoms with Crippen molar-refractivity contribution in [2.24, 2.45) is 17.3 Å². The fraction of sp³-hybridized carbons (Fsp3) is 0.923. The molecule has 0 aromatic rings. The molecule has 1 aliphatic carbocycles. The summed E-state index contributed by atoms with van der Waals surface area (Å²) in [6.07, 6.45) is 5.66. The highest BCUT2D eigenvalue weighted by atomic mass is 16.5. The molecular weight excluding hydrogens is 218 g/mol. The molecule has 2 aliphatic heterocycles. The Bertz CT molecular complexity index is 308. The Morgan fingerprint density at radius 3 is 2.65 bits per heavy atom. The number of carboxylic acid groups (broad SMARTS) is 1. The summed E-state index contributed by atoms with van der Waals surface area (Å²) < 4.78 is 5.43. The van der Waals surface area contributed by atoms with Gasteiger partial charge in [0.25, 0.3) is 0 Å². The van der Waals surface area contributed by atoms with Gasteiger partial charge in [-0.05, 0) is 25.2 Å². The lowest BCUT2D eigenvalue weighted by atomic mass is 9.66. The normalized spacial score (nSPS) is 36.2. The van der Waals surface area contributed by atoms with E-state index in [1.54, 1.807) is 0 Å². The molecule has 4 heteroatoms. The minimum absolute atomic E-state index is 0.0350. The maximum absolute atomic E-state index is 11.4. The molecule has 3 fully saturated rings. The lowest BCUT2D eigenvalue weighted by molar-refractivity contribution is -0.148. The van der Waals surface area contributed by atoms with Crippen LogP contribution in [0.4, 0.5) is 0 Å². The molecule has 96 valence electrons. The molecule has 0 aromatic carbocycles. The van der Waals surface area contributed by atoms with Gasteiger partial charge in [0.1, 0.15) is 0 Å². The van der Waals surface area contributed by atoms with Crippen LogP contribution in [-0.2, 0) is 9.53 Å². The van der Waals surface area contributed by atoms with E-state index in [0.717, 1.165) is 32.0 Å². The number of aliphatic carboxylic acids is 1. The Labute approximate surface area is 102 Å². The molecule has 0 aromatic heterocycles. The first-order valence-corrected chi connectivity index (χ1v) is 6.76. The summed E-state index contributed by atoms with van der Waals surface area (Å²) in [6, 6.07) is 0.403. The Kier molecular flexibility index (Phi) is 2.87. The van der Waals surface area contributed by atoms with E-state index < -0.39 is 5.97 Å². The third-order valence-corrected chi connectivity index (χ3v) is 4.94. The second-order valence-corrected chi connectivity index (χ2v) is 5.88. The van der Waals surface area contributed by atoms with Crippen molar-refractivity contribution < 1.29 is 14.6 Å². The molecule has 2 heterocycles. The summed E-state index contributed by atoms with van der Waals surface area (Å²) >= 11 is 0. The smallest absolute Gasteiger partial charge is 0.308 e. The summed E-state index contributed by atoms with van der Waals surface area (Å²) in [5.41, 5.74) is -0.0350. The van der Waals surface area contributed by atoms with Crippen LogP contribution in [0.1, 0.15) is 32.1 Å². The summed E-state index contributed by atoms with van der Waals surface area (Å²) in [6.45, 7) is 2.10. The number of carboxylic acids is 1. The SMILES string of the molecule is O=C(O)[C@H]1CN[C@@H](CC2CC2)C12CCOCC2. The van der Waals surface area contributed by atoms with Crippen molar-refractivity contribution in [1.29, 1.82) is 0 Å². The van der Waals surface area contributed by atoms with Crippen LogP contribution in [0.5, 0.6) is 0 Å². The van der Waals surface area contributed by atoms with Crippen LogP contribution < -0.4 is 5.32 Å². The van der Waals surface area contributed by atoms with Crippen LogP contribution in [0.15, 0.2) is 0 Å². The Morgan fingerprint density at radius 2 is 2.06 bits per heavy atom. The van der Waals surface area contributed by atoms with Gasteiger partial charge in [-0.1, -0.05) is 12.8 Å². The topological polar surface area (TPSA) is 58.6 Å². The third kappa shape index (κ3) is 1.97. The van der Waals surface area contributed by atoms with Gasteiger partial charge >= 0.3 is 5.97 Å². The zero-order valence-corrected chi connectivity index (χ0v) is 10.2. The third-order valence-electron chi connectivity index (χ3n) is 4.94. The van der Waals surface area contributed by atoms with Crippen LogP contribution in [0, 0.1) is 17.3 Å². The second-order valence-electron chi connectivity index (χ2n) is 5.88. The zero-order chi connectivity index (χ0) is 11.9. The summed E-state index contributed by atoms with van der Waals surface area (Å²) in [4.78, 5) is 11.4. The first-order chi connectivity index (χ1) is 8.22. The number of carbonyl (C=O) groups is 1. The van der Waals surface area contributed by atoms with E-state index in [2.05, 4.69) is 5.32 Å². The highest BCUT2D eigenvalue weighted by molar-refractivity contribution is 5.72. The predicted molar refractivity (Wildman–Crippen MR) is 62.7 cm³/mol. The molecule has 3 aliphatic rings. The lowest BCUT2D eigenvalue weighted by Crippen LogP contribution is -2.46. The van der Waals surface area contributed by atoms with Gasteiger partial charge in [0.05, 0.1) is 5.92 Å². The van der Waals surface area contributed by atoms with E-state index in [9.17, 15) is 9.90 Å². The number of hydrogen-bond donors (Lipinski definition) is 2. The zero-order valence-electron chi connectivity index (χ0n) is 10.2. The minimum Gasteiger partial charge on any atom is -0.481 e. The van der Waals surface area contributed by atoms with Crippen LogP contribution in [-0.4, -0.2) is 36.9 Å². The monoisotopic (exact) mass is 239 g/mol. The van der Waals surface area contributed by atoms with Gasteiger partial charge in [-0.25, -0.2) is 0 Å². The van der Waals surface area contributed by atoms with Gasteiger partial charge < -0.3 is 15.2 Å². The summed E-state index contributed by atoms with van der Waals surface area (Å²) in [7, 11) is 0. The molecule has 2 N–H and O–H groups in total. The van der Waals surface area contributed by atoms with Crippen molar-refractivity contribution in [1.82, 2.24) is 5.32 Å². The number of nitrogens with one attached hydrogen (secondary N) is 1.